The Kier molecular flexibility index (Phi) is 9.34. The Bertz CT molecular complexity index is 554. The van der Waals surface area contributed by atoms with E-state index in [9.17, 15) is 4.79 Å². The summed E-state index contributed by atoms with van der Waals surface area (Å²) < 4.78 is 5.78. The monoisotopic (exact) mass is 403 g/mol. The number of amides is 1. The maximum absolute atomic E-state index is 12.6. The summed E-state index contributed by atoms with van der Waals surface area (Å²) in [4.78, 5) is 16.9. The highest BCUT2D eigenvalue weighted by Gasteiger charge is 2.24. The van der Waals surface area contributed by atoms with Crippen LogP contribution in [0.25, 0.3) is 0 Å². The zero-order chi connectivity index (χ0) is 17.1. The van der Waals surface area contributed by atoms with Crippen LogP contribution in [0, 0.1) is 0 Å². The number of nitrogens with zero attached hydrogens (tertiary/aromatic N) is 2. The van der Waals surface area contributed by atoms with Crippen molar-refractivity contribution in [3.05, 3.63) is 35.4 Å². The number of carbonyl (C=O) groups excluding carboxylic acids is 1. The van der Waals surface area contributed by atoms with Crippen LogP contribution >= 0.6 is 24.8 Å². The van der Waals surface area contributed by atoms with E-state index in [0.717, 1.165) is 44.7 Å². The minimum absolute atomic E-state index is 0. The molecule has 148 valence electrons. The number of rotatable bonds is 4. The highest BCUT2D eigenvalue weighted by molar-refractivity contribution is 5.94. The minimum Gasteiger partial charge on any atom is -0.373 e. The molecule has 3 atom stereocenters. The van der Waals surface area contributed by atoms with Crippen molar-refractivity contribution in [2.75, 3.05) is 33.2 Å². The Morgan fingerprint density at radius 1 is 1.19 bits per heavy atom. The van der Waals surface area contributed by atoms with Crippen LogP contribution in [0.2, 0.25) is 0 Å². The summed E-state index contributed by atoms with van der Waals surface area (Å²) in [6, 6.07) is 8.40. The van der Waals surface area contributed by atoms with Gasteiger partial charge >= 0.3 is 0 Å². The molecule has 2 fully saturated rings. The predicted molar refractivity (Wildman–Crippen MR) is 110 cm³/mol. The number of likely N-dealkylation sites (N-methyl/N-ethyl adjacent to an activating group) is 1. The molecule has 0 bridgehead atoms. The SMILES string of the molecule is CC1CN(Cc2ccc(C(=O)N(C)C3CCNC3)cc2)CC(C)O1.Cl.Cl. The largest absolute Gasteiger partial charge is 0.373 e. The molecule has 0 spiro atoms. The lowest BCUT2D eigenvalue weighted by Gasteiger charge is -2.35. The molecule has 3 unspecified atom stereocenters. The summed E-state index contributed by atoms with van der Waals surface area (Å²) in [6.07, 6.45) is 1.60. The van der Waals surface area contributed by atoms with Gasteiger partial charge in [-0.05, 0) is 44.5 Å². The number of morpholine rings is 1. The van der Waals surface area contributed by atoms with Crippen molar-refractivity contribution in [3.63, 3.8) is 0 Å². The van der Waals surface area contributed by atoms with E-state index in [0.29, 0.717) is 6.04 Å². The second kappa shape index (κ2) is 10.5. The van der Waals surface area contributed by atoms with E-state index in [1.165, 1.54) is 5.56 Å². The lowest BCUT2D eigenvalue weighted by molar-refractivity contribution is -0.0704. The summed E-state index contributed by atoms with van der Waals surface area (Å²) in [5.41, 5.74) is 2.02. The second-order valence-electron chi connectivity index (χ2n) is 7.21. The van der Waals surface area contributed by atoms with Gasteiger partial charge in [-0.25, -0.2) is 0 Å². The number of halogens is 2. The number of hydrogen-bond acceptors (Lipinski definition) is 4. The van der Waals surface area contributed by atoms with E-state index in [2.05, 4.69) is 36.2 Å². The molecular weight excluding hydrogens is 373 g/mol. The summed E-state index contributed by atoms with van der Waals surface area (Å²) in [6.45, 7) is 8.97. The second-order valence-corrected chi connectivity index (χ2v) is 7.21. The van der Waals surface area contributed by atoms with Crippen LogP contribution < -0.4 is 5.32 Å². The molecule has 3 rings (SSSR count). The van der Waals surface area contributed by atoms with Gasteiger partial charge < -0.3 is 15.0 Å². The molecular formula is C19H31Cl2N3O2. The number of benzene rings is 1. The van der Waals surface area contributed by atoms with Crippen molar-refractivity contribution in [3.8, 4) is 0 Å². The highest BCUT2D eigenvalue weighted by atomic mass is 35.5. The maximum Gasteiger partial charge on any atom is 0.253 e. The molecule has 0 aliphatic carbocycles. The zero-order valence-electron chi connectivity index (χ0n) is 15.8. The standard InChI is InChI=1S/C19H29N3O2.2ClH/c1-14-11-22(12-15(2)24-14)13-16-4-6-17(7-5-16)19(23)21(3)18-8-9-20-10-18;;/h4-7,14-15,18,20H,8-13H2,1-3H3;2*1H. The molecule has 2 saturated heterocycles. The summed E-state index contributed by atoms with van der Waals surface area (Å²) >= 11 is 0. The topological polar surface area (TPSA) is 44.8 Å². The molecule has 0 radical (unpaired) electrons. The average Bonchev–Trinajstić information content (AvgIpc) is 3.07. The van der Waals surface area contributed by atoms with Gasteiger partial charge in [0.05, 0.1) is 12.2 Å². The smallest absolute Gasteiger partial charge is 0.253 e. The molecule has 1 N–H and O–H groups in total. The van der Waals surface area contributed by atoms with Gasteiger partial charge in [0.15, 0.2) is 0 Å². The first-order valence-electron chi connectivity index (χ1n) is 8.97. The number of carbonyl (C=O) groups is 1. The molecule has 1 aromatic carbocycles. The maximum atomic E-state index is 12.6. The zero-order valence-corrected chi connectivity index (χ0v) is 17.4. The third-order valence-corrected chi connectivity index (χ3v) is 5.00. The Morgan fingerprint density at radius 3 is 2.35 bits per heavy atom. The Morgan fingerprint density at radius 2 is 1.81 bits per heavy atom. The van der Waals surface area contributed by atoms with E-state index in [1.807, 2.05) is 24.1 Å². The minimum atomic E-state index is 0. The van der Waals surface area contributed by atoms with Gasteiger partial charge in [0.1, 0.15) is 0 Å². The fourth-order valence-electron chi connectivity index (χ4n) is 3.76. The van der Waals surface area contributed by atoms with Crippen LogP contribution in [0.3, 0.4) is 0 Å². The van der Waals surface area contributed by atoms with E-state index >= 15 is 0 Å². The number of nitrogens with one attached hydrogen (secondary N) is 1. The van der Waals surface area contributed by atoms with Gasteiger partial charge in [-0.2, -0.15) is 0 Å². The van der Waals surface area contributed by atoms with Crippen LogP contribution in [0.5, 0.6) is 0 Å². The van der Waals surface area contributed by atoms with Crippen molar-refractivity contribution in [1.82, 2.24) is 15.1 Å². The quantitative estimate of drug-likeness (QED) is 0.838. The molecule has 7 heteroatoms. The van der Waals surface area contributed by atoms with Crippen LogP contribution in [-0.2, 0) is 11.3 Å². The van der Waals surface area contributed by atoms with E-state index < -0.39 is 0 Å². The first-order valence-corrected chi connectivity index (χ1v) is 8.97. The van der Waals surface area contributed by atoms with Gasteiger partial charge in [-0.15, -0.1) is 24.8 Å². The van der Waals surface area contributed by atoms with Crippen LogP contribution in [0.15, 0.2) is 24.3 Å². The fraction of sp³-hybridized carbons (Fsp3) is 0.632. The molecule has 2 heterocycles. The van der Waals surface area contributed by atoms with E-state index in [4.69, 9.17) is 4.74 Å². The van der Waals surface area contributed by atoms with Gasteiger partial charge in [0.2, 0.25) is 0 Å². The van der Waals surface area contributed by atoms with E-state index in [1.54, 1.807) is 0 Å². The van der Waals surface area contributed by atoms with Gasteiger partial charge in [0.25, 0.3) is 5.91 Å². The normalized spacial score (nSPS) is 25.9. The Labute approximate surface area is 169 Å². The Hall–Kier alpha value is -0.850. The van der Waals surface area contributed by atoms with Crippen LogP contribution in [0.1, 0.15) is 36.2 Å². The van der Waals surface area contributed by atoms with E-state index in [-0.39, 0.29) is 42.9 Å². The molecule has 5 nitrogen and oxygen atoms in total. The van der Waals surface area contributed by atoms with Crippen LogP contribution in [0.4, 0.5) is 0 Å². The van der Waals surface area contributed by atoms with Crippen LogP contribution in [-0.4, -0.2) is 67.2 Å². The summed E-state index contributed by atoms with van der Waals surface area (Å²) in [5.74, 6) is 0.115. The van der Waals surface area contributed by atoms with Gasteiger partial charge in [-0.1, -0.05) is 12.1 Å². The molecule has 26 heavy (non-hydrogen) atoms. The number of hydrogen-bond donors (Lipinski definition) is 1. The molecule has 2 aliphatic heterocycles. The first-order chi connectivity index (χ1) is 11.5. The highest BCUT2D eigenvalue weighted by Crippen LogP contribution is 2.16. The average molecular weight is 404 g/mol. The van der Waals surface area contributed by atoms with Crippen molar-refractivity contribution in [2.24, 2.45) is 0 Å². The lowest BCUT2D eigenvalue weighted by Crippen LogP contribution is -2.44. The first kappa shape index (κ1) is 23.2. The lowest BCUT2D eigenvalue weighted by atomic mass is 10.1. The van der Waals surface area contributed by atoms with Gasteiger partial charge in [0, 0.05) is 44.8 Å². The molecule has 1 aromatic rings. The third kappa shape index (κ3) is 5.83. The summed E-state index contributed by atoms with van der Waals surface area (Å²) in [5, 5.41) is 3.31. The van der Waals surface area contributed by atoms with Gasteiger partial charge in [-0.3, -0.25) is 9.69 Å². The molecule has 1 amide bonds. The Balaban J connectivity index is 0.00000169. The fourth-order valence-corrected chi connectivity index (χ4v) is 3.76. The third-order valence-electron chi connectivity index (χ3n) is 5.00. The number of ether oxygens (including phenoxy) is 1. The molecule has 0 saturated carbocycles. The molecule has 2 aliphatic rings. The summed E-state index contributed by atoms with van der Waals surface area (Å²) in [7, 11) is 1.91. The van der Waals surface area contributed by atoms with Crippen molar-refractivity contribution in [1.29, 1.82) is 0 Å². The van der Waals surface area contributed by atoms with Crippen molar-refractivity contribution < 1.29 is 9.53 Å². The molecule has 0 aromatic heterocycles. The van der Waals surface area contributed by atoms with Crippen molar-refractivity contribution in [2.45, 2.75) is 45.1 Å². The van der Waals surface area contributed by atoms with Crippen molar-refractivity contribution >= 4 is 30.7 Å². The predicted octanol–water partition coefficient (Wildman–Crippen LogP) is 2.57.